The van der Waals surface area contributed by atoms with E-state index < -0.39 is 0 Å². The minimum absolute atomic E-state index is 0. The van der Waals surface area contributed by atoms with E-state index in [-0.39, 0.29) is 23.9 Å². The lowest BCUT2D eigenvalue weighted by molar-refractivity contribution is -0.128. The van der Waals surface area contributed by atoms with Gasteiger partial charge in [0.2, 0.25) is 5.91 Å². The predicted octanol–water partition coefficient (Wildman–Crippen LogP) is 2.25. The third-order valence-corrected chi connectivity index (χ3v) is 4.04. The van der Waals surface area contributed by atoms with Crippen LogP contribution in [0, 0.1) is 5.92 Å². The summed E-state index contributed by atoms with van der Waals surface area (Å²) >= 11 is 0. The molecule has 3 nitrogen and oxygen atoms in total. The Kier molecular flexibility index (Phi) is 5.26. The molecule has 2 fully saturated rings. The molecule has 17 heavy (non-hydrogen) atoms. The highest BCUT2D eigenvalue weighted by atomic mass is 35.5. The number of amides is 1. The summed E-state index contributed by atoms with van der Waals surface area (Å²) in [4.78, 5) is 12.2. The third kappa shape index (κ3) is 3.59. The maximum Gasteiger partial charge on any atom is 0.240 e. The summed E-state index contributed by atoms with van der Waals surface area (Å²) in [7, 11) is 0. The third-order valence-electron chi connectivity index (χ3n) is 4.04. The van der Waals surface area contributed by atoms with Gasteiger partial charge in [0, 0.05) is 6.04 Å². The van der Waals surface area contributed by atoms with Crippen LogP contribution in [-0.4, -0.2) is 24.0 Å². The van der Waals surface area contributed by atoms with Crippen LogP contribution in [-0.2, 0) is 4.79 Å². The molecule has 2 rings (SSSR count). The molecule has 2 N–H and O–H groups in total. The van der Waals surface area contributed by atoms with Crippen molar-refractivity contribution in [2.45, 2.75) is 64.0 Å². The maximum atomic E-state index is 12.2. The van der Waals surface area contributed by atoms with Gasteiger partial charge >= 0.3 is 0 Å². The van der Waals surface area contributed by atoms with E-state index in [9.17, 15) is 4.79 Å². The maximum absolute atomic E-state index is 12.2. The lowest BCUT2D eigenvalue weighted by Crippen LogP contribution is -2.55. The van der Waals surface area contributed by atoms with Crippen LogP contribution in [0.5, 0.6) is 0 Å². The van der Waals surface area contributed by atoms with Crippen molar-refractivity contribution >= 4 is 18.3 Å². The zero-order chi connectivity index (χ0) is 11.6. The Morgan fingerprint density at radius 3 is 2.71 bits per heavy atom. The molecule has 1 saturated heterocycles. The van der Waals surface area contributed by atoms with Gasteiger partial charge in [0.25, 0.3) is 0 Å². The van der Waals surface area contributed by atoms with E-state index in [0.717, 1.165) is 38.1 Å². The van der Waals surface area contributed by atoms with Crippen LogP contribution in [0.2, 0.25) is 0 Å². The zero-order valence-corrected chi connectivity index (χ0v) is 11.7. The van der Waals surface area contributed by atoms with E-state index in [1.54, 1.807) is 0 Å². The molecule has 0 aromatic rings. The second-order valence-corrected chi connectivity index (χ2v) is 5.52. The lowest BCUT2D eigenvalue weighted by Gasteiger charge is -2.28. The Hall–Kier alpha value is -0.280. The summed E-state index contributed by atoms with van der Waals surface area (Å²) in [5.74, 6) is 1.10. The lowest BCUT2D eigenvalue weighted by atomic mass is 9.92. The molecule has 100 valence electrons. The first-order chi connectivity index (χ1) is 7.66. The number of nitrogens with one attached hydrogen (secondary N) is 2. The number of rotatable bonds is 5. The van der Waals surface area contributed by atoms with E-state index in [4.69, 9.17) is 0 Å². The van der Waals surface area contributed by atoms with Crippen LogP contribution >= 0.6 is 12.4 Å². The van der Waals surface area contributed by atoms with E-state index in [1.165, 1.54) is 12.8 Å². The summed E-state index contributed by atoms with van der Waals surface area (Å²) in [5, 5.41) is 6.57. The molecule has 1 aliphatic carbocycles. The van der Waals surface area contributed by atoms with Crippen LogP contribution in [0.3, 0.4) is 0 Å². The van der Waals surface area contributed by atoms with E-state index >= 15 is 0 Å². The zero-order valence-electron chi connectivity index (χ0n) is 10.9. The molecule has 2 atom stereocenters. The van der Waals surface area contributed by atoms with Crippen molar-refractivity contribution in [1.29, 1.82) is 0 Å². The summed E-state index contributed by atoms with van der Waals surface area (Å²) in [5.41, 5.74) is -0.266. The molecule has 1 heterocycles. The fourth-order valence-electron chi connectivity index (χ4n) is 2.74. The van der Waals surface area contributed by atoms with Gasteiger partial charge in [-0.15, -0.1) is 12.4 Å². The normalized spacial score (nSPS) is 29.5. The molecule has 0 aromatic carbocycles. The quantitative estimate of drug-likeness (QED) is 0.796. The van der Waals surface area contributed by atoms with Crippen molar-refractivity contribution < 1.29 is 4.79 Å². The standard InChI is InChI=1S/C13H24N2O.ClH/c1-3-13(7-4-8-14-13)12(16)15-10(2)9-11-5-6-11;/h10-11,14H,3-9H2,1-2H3,(H,15,16);1H. The van der Waals surface area contributed by atoms with Crippen LogP contribution in [0.25, 0.3) is 0 Å². The van der Waals surface area contributed by atoms with Crippen molar-refractivity contribution in [2.75, 3.05) is 6.54 Å². The highest BCUT2D eigenvalue weighted by molar-refractivity contribution is 5.86. The molecule has 1 aliphatic heterocycles. The Morgan fingerprint density at radius 1 is 1.53 bits per heavy atom. The highest BCUT2D eigenvalue weighted by Crippen LogP contribution is 2.33. The SMILES string of the molecule is CCC1(C(=O)NC(C)CC2CC2)CCCN1.Cl. The first-order valence-corrected chi connectivity index (χ1v) is 6.72. The topological polar surface area (TPSA) is 41.1 Å². The molecular formula is C13H25ClN2O. The van der Waals surface area contributed by atoms with Crippen molar-refractivity contribution in [2.24, 2.45) is 5.92 Å². The van der Waals surface area contributed by atoms with Gasteiger partial charge in [0.05, 0.1) is 5.54 Å². The molecule has 0 aromatic heterocycles. The number of carbonyl (C=O) groups excluding carboxylic acids is 1. The Morgan fingerprint density at radius 2 is 2.24 bits per heavy atom. The largest absolute Gasteiger partial charge is 0.352 e. The molecule has 2 unspecified atom stereocenters. The van der Waals surface area contributed by atoms with Crippen LogP contribution in [0.1, 0.15) is 52.4 Å². The van der Waals surface area contributed by atoms with Gasteiger partial charge in [-0.05, 0) is 45.1 Å². The molecular weight excluding hydrogens is 236 g/mol. The van der Waals surface area contributed by atoms with Crippen molar-refractivity contribution in [3.05, 3.63) is 0 Å². The summed E-state index contributed by atoms with van der Waals surface area (Å²) < 4.78 is 0. The van der Waals surface area contributed by atoms with E-state index in [2.05, 4.69) is 24.5 Å². The van der Waals surface area contributed by atoms with E-state index in [0.29, 0.717) is 6.04 Å². The molecule has 0 spiro atoms. The first-order valence-electron chi connectivity index (χ1n) is 6.72. The molecule has 0 radical (unpaired) electrons. The Balaban J connectivity index is 0.00000144. The van der Waals surface area contributed by atoms with Gasteiger partial charge in [-0.1, -0.05) is 19.8 Å². The average molecular weight is 261 g/mol. The molecule has 2 aliphatic rings. The fourth-order valence-corrected chi connectivity index (χ4v) is 2.74. The fraction of sp³-hybridized carbons (Fsp3) is 0.923. The predicted molar refractivity (Wildman–Crippen MR) is 72.5 cm³/mol. The summed E-state index contributed by atoms with van der Waals surface area (Å²) in [6.07, 6.45) is 6.89. The second kappa shape index (κ2) is 6.05. The van der Waals surface area contributed by atoms with Crippen LogP contribution in [0.15, 0.2) is 0 Å². The summed E-state index contributed by atoms with van der Waals surface area (Å²) in [6.45, 7) is 5.22. The van der Waals surface area contributed by atoms with Gasteiger partial charge in [-0.2, -0.15) is 0 Å². The second-order valence-electron chi connectivity index (χ2n) is 5.52. The first kappa shape index (κ1) is 14.8. The number of hydrogen-bond acceptors (Lipinski definition) is 2. The monoisotopic (exact) mass is 260 g/mol. The number of carbonyl (C=O) groups is 1. The average Bonchev–Trinajstić information content (AvgIpc) is 2.93. The molecule has 4 heteroatoms. The van der Waals surface area contributed by atoms with Gasteiger partial charge in [0.15, 0.2) is 0 Å². The van der Waals surface area contributed by atoms with Crippen LogP contribution < -0.4 is 10.6 Å². The van der Waals surface area contributed by atoms with Gasteiger partial charge in [-0.25, -0.2) is 0 Å². The highest BCUT2D eigenvalue weighted by Gasteiger charge is 2.39. The molecule has 1 saturated carbocycles. The van der Waals surface area contributed by atoms with Crippen LogP contribution in [0.4, 0.5) is 0 Å². The number of hydrogen-bond donors (Lipinski definition) is 2. The molecule has 1 amide bonds. The van der Waals surface area contributed by atoms with Gasteiger partial charge in [-0.3, -0.25) is 4.79 Å². The Bertz CT molecular complexity index is 260. The number of halogens is 1. The minimum atomic E-state index is -0.266. The van der Waals surface area contributed by atoms with Gasteiger partial charge in [0.1, 0.15) is 0 Å². The summed E-state index contributed by atoms with van der Waals surface area (Å²) in [6, 6.07) is 0.339. The smallest absolute Gasteiger partial charge is 0.240 e. The molecule has 0 bridgehead atoms. The van der Waals surface area contributed by atoms with Crippen molar-refractivity contribution in [3.8, 4) is 0 Å². The minimum Gasteiger partial charge on any atom is -0.352 e. The van der Waals surface area contributed by atoms with E-state index in [1.807, 2.05) is 0 Å². The Labute approximate surface area is 111 Å². The van der Waals surface area contributed by atoms with Gasteiger partial charge < -0.3 is 10.6 Å². The van der Waals surface area contributed by atoms with Crippen molar-refractivity contribution in [1.82, 2.24) is 10.6 Å². The van der Waals surface area contributed by atoms with Crippen molar-refractivity contribution in [3.63, 3.8) is 0 Å².